The maximum atomic E-state index is 12.6. The third-order valence-corrected chi connectivity index (χ3v) is 5.17. The van der Waals surface area contributed by atoms with E-state index in [0.717, 1.165) is 18.8 Å². The molecule has 0 atom stereocenters. The van der Waals surface area contributed by atoms with Gasteiger partial charge in [-0.2, -0.15) is 0 Å². The van der Waals surface area contributed by atoms with Gasteiger partial charge in [-0.3, -0.25) is 4.72 Å². The number of pyridine rings is 1. The highest BCUT2D eigenvalue weighted by molar-refractivity contribution is 7.92. The average Bonchev–Trinajstić information content (AvgIpc) is 2.63. The molecule has 7 nitrogen and oxygen atoms in total. The molecular weight excluding hydrogens is 342 g/mol. The highest BCUT2D eigenvalue weighted by Crippen LogP contribution is 2.29. The summed E-state index contributed by atoms with van der Waals surface area (Å²) in [4.78, 5) is 6.34. The molecule has 0 spiro atoms. The van der Waals surface area contributed by atoms with Crippen molar-refractivity contribution in [2.24, 2.45) is 0 Å². The highest BCUT2D eigenvalue weighted by Gasteiger charge is 2.21. The largest absolute Gasteiger partial charge is 0.497 e. The monoisotopic (exact) mass is 365 g/mol. The van der Waals surface area contributed by atoms with Crippen LogP contribution in [0.3, 0.4) is 0 Å². The van der Waals surface area contributed by atoms with E-state index in [0.29, 0.717) is 5.75 Å². The second kappa shape index (κ2) is 8.06. The number of aromatic nitrogens is 1. The van der Waals surface area contributed by atoms with Gasteiger partial charge in [0, 0.05) is 19.2 Å². The number of nitrogens with one attached hydrogen (secondary N) is 1. The van der Waals surface area contributed by atoms with E-state index in [9.17, 15) is 8.42 Å². The Hall–Kier alpha value is -2.48. The van der Waals surface area contributed by atoms with Crippen LogP contribution in [0.5, 0.6) is 11.5 Å². The van der Waals surface area contributed by atoms with Crippen molar-refractivity contribution in [3.05, 3.63) is 36.5 Å². The molecule has 1 heterocycles. The van der Waals surface area contributed by atoms with Gasteiger partial charge in [0.15, 0.2) is 0 Å². The van der Waals surface area contributed by atoms with Crippen molar-refractivity contribution in [2.45, 2.75) is 18.7 Å². The first kappa shape index (κ1) is 18.9. The highest BCUT2D eigenvalue weighted by atomic mass is 32.2. The van der Waals surface area contributed by atoms with E-state index in [1.807, 2.05) is 6.07 Å². The van der Waals surface area contributed by atoms with E-state index in [-0.39, 0.29) is 16.5 Å². The SMILES string of the molecule is CCN(CC)c1ccc(NS(=O)(=O)c2ccc(OC)cc2OC)nc1. The van der Waals surface area contributed by atoms with Crippen molar-refractivity contribution < 1.29 is 17.9 Å². The summed E-state index contributed by atoms with van der Waals surface area (Å²) in [5, 5.41) is 0. The minimum Gasteiger partial charge on any atom is -0.497 e. The maximum Gasteiger partial charge on any atom is 0.266 e. The molecule has 1 aromatic carbocycles. The van der Waals surface area contributed by atoms with Gasteiger partial charge in [0.25, 0.3) is 10.0 Å². The van der Waals surface area contributed by atoms with Crippen molar-refractivity contribution >= 4 is 21.5 Å². The maximum absolute atomic E-state index is 12.6. The van der Waals surface area contributed by atoms with Crippen LogP contribution in [0.4, 0.5) is 11.5 Å². The molecule has 0 bridgehead atoms. The van der Waals surface area contributed by atoms with Crippen LogP contribution in [0.15, 0.2) is 41.4 Å². The smallest absolute Gasteiger partial charge is 0.266 e. The minimum atomic E-state index is -3.83. The molecule has 136 valence electrons. The van der Waals surface area contributed by atoms with Gasteiger partial charge >= 0.3 is 0 Å². The summed E-state index contributed by atoms with van der Waals surface area (Å²) in [5.74, 6) is 0.956. The van der Waals surface area contributed by atoms with Crippen molar-refractivity contribution in [1.82, 2.24) is 4.98 Å². The molecule has 0 aliphatic rings. The van der Waals surface area contributed by atoms with Gasteiger partial charge in [-0.15, -0.1) is 0 Å². The van der Waals surface area contributed by atoms with E-state index in [4.69, 9.17) is 9.47 Å². The van der Waals surface area contributed by atoms with Gasteiger partial charge in [0.2, 0.25) is 0 Å². The Labute approximate surface area is 148 Å². The summed E-state index contributed by atoms with van der Waals surface area (Å²) in [6.45, 7) is 5.81. The molecule has 8 heteroatoms. The zero-order valence-electron chi connectivity index (χ0n) is 14.8. The Bertz CT molecular complexity index is 803. The molecular formula is C17H23N3O4S. The van der Waals surface area contributed by atoms with Gasteiger partial charge in [-0.25, -0.2) is 13.4 Å². The molecule has 0 unspecified atom stereocenters. The van der Waals surface area contributed by atoms with Gasteiger partial charge in [0.1, 0.15) is 22.2 Å². The van der Waals surface area contributed by atoms with Crippen LogP contribution in [0.1, 0.15) is 13.8 Å². The summed E-state index contributed by atoms with van der Waals surface area (Å²) in [6.07, 6.45) is 1.65. The summed E-state index contributed by atoms with van der Waals surface area (Å²) < 4.78 is 38.0. The number of sulfonamides is 1. The Morgan fingerprint density at radius 1 is 1.08 bits per heavy atom. The molecule has 0 amide bonds. The fourth-order valence-corrected chi connectivity index (χ4v) is 3.57. The number of rotatable bonds is 8. The number of nitrogens with zero attached hydrogens (tertiary/aromatic N) is 2. The van der Waals surface area contributed by atoms with Gasteiger partial charge in [-0.05, 0) is 38.1 Å². The van der Waals surface area contributed by atoms with E-state index in [1.165, 1.54) is 26.4 Å². The molecule has 2 rings (SSSR count). The third-order valence-electron chi connectivity index (χ3n) is 3.78. The first-order valence-corrected chi connectivity index (χ1v) is 9.39. The number of hydrogen-bond acceptors (Lipinski definition) is 6. The first-order valence-electron chi connectivity index (χ1n) is 7.91. The fraction of sp³-hybridized carbons (Fsp3) is 0.353. The van der Waals surface area contributed by atoms with E-state index < -0.39 is 10.0 Å². The molecule has 2 aromatic rings. The molecule has 1 N–H and O–H groups in total. The van der Waals surface area contributed by atoms with Crippen LogP contribution in [0.2, 0.25) is 0 Å². The van der Waals surface area contributed by atoms with Gasteiger partial charge < -0.3 is 14.4 Å². The summed E-state index contributed by atoms with van der Waals surface area (Å²) in [7, 11) is -0.922. The van der Waals surface area contributed by atoms with Crippen molar-refractivity contribution in [1.29, 1.82) is 0 Å². The van der Waals surface area contributed by atoms with Crippen molar-refractivity contribution in [3.63, 3.8) is 0 Å². The number of methoxy groups -OCH3 is 2. The summed E-state index contributed by atoms with van der Waals surface area (Å²) >= 11 is 0. The molecule has 0 saturated heterocycles. The van der Waals surface area contributed by atoms with Crippen molar-refractivity contribution in [2.75, 3.05) is 36.9 Å². The van der Waals surface area contributed by atoms with Crippen LogP contribution in [0.25, 0.3) is 0 Å². The quantitative estimate of drug-likeness (QED) is 0.775. The van der Waals surface area contributed by atoms with Crippen LogP contribution >= 0.6 is 0 Å². The lowest BCUT2D eigenvalue weighted by atomic mass is 10.3. The van der Waals surface area contributed by atoms with E-state index >= 15 is 0 Å². The average molecular weight is 365 g/mol. The number of benzene rings is 1. The third kappa shape index (κ3) is 4.33. The molecule has 0 radical (unpaired) electrons. The zero-order chi connectivity index (χ0) is 18.4. The second-order valence-electron chi connectivity index (χ2n) is 5.20. The molecule has 0 saturated carbocycles. The van der Waals surface area contributed by atoms with Crippen LogP contribution in [0, 0.1) is 0 Å². The first-order chi connectivity index (χ1) is 11.9. The lowest BCUT2D eigenvalue weighted by molar-refractivity contribution is 0.386. The lowest BCUT2D eigenvalue weighted by Gasteiger charge is -2.20. The number of ether oxygens (including phenoxy) is 2. The molecule has 0 aliphatic carbocycles. The van der Waals surface area contributed by atoms with E-state index in [2.05, 4.69) is 28.5 Å². The Morgan fingerprint density at radius 2 is 1.80 bits per heavy atom. The molecule has 0 fully saturated rings. The number of hydrogen-bond donors (Lipinski definition) is 1. The van der Waals surface area contributed by atoms with Crippen LogP contribution in [-0.4, -0.2) is 40.7 Å². The molecule has 1 aromatic heterocycles. The summed E-state index contributed by atoms with van der Waals surface area (Å²) in [5.41, 5.74) is 0.940. The fourth-order valence-electron chi connectivity index (χ4n) is 2.41. The minimum absolute atomic E-state index is 0.0189. The molecule has 25 heavy (non-hydrogen) atoms. The van der Waals surface area contributed by atoms with Crippen LogP contribution < -0.4 is 19.1 Å². The predicted molar refractivity (Wildman–Crippen MR) is 98.2 cm³/mol. The Kier molecular flexibility index (Phi) is 6.08. The number of anilines is 2. The van der Waals surface area contributed by atoms with E-state index in [1.54, 1.807) is 18.3 Å². The molecule has 0 aliphatic heterocycles. The topological polar surface area (TPSA) is 80.8 Å². The van der Waals surface area contributed by atoms with Crippen LogP contribution in [-0.2, 0) is 10.0 Å². The van der Waals surface area contributed by atoms with Gasteiger partial charge in [0.05, 0.1) is 26.1 Å². The normalized spacial score (nSPS) is 11.0. The van der Waals surface area contributed by atoms with Gasteiger partial charge in [-0.1, -0.05) is 0 Å². The predicted octanol–water partition coefficient (Wildman–Crippen LogP) is 2.75. The zero-order valence-corrected chi connectivity index (χ0v) is 15.6. The lowest BCUT2D eigenvalue weighted by Crippen LogP contribution is -2.22. The second-order valence-corrected chi connectivity index (χ2v) is 6.85. The summed E-state index contributed by atoms with van der Waals surface area (Å²) in [6, 6.07) is 7.99. The Balaban J connectivity index is 2.27. The standard InChI is InChI=1S/C17H23N3O4S/c1-5-20(6-2)13-7-10-17(18-12-13)19-25(21,22)16-9-8-14(23-3)11-15(16)24-4/h7-12H,5-6H2,1-4H3,(H,18,19). The van der Waals surface area contributed by atoms with Crippen molar-refractivity contribution in [3.8, 4) is 11.5 Å². The Morgan fingerprint density at radius 3 is 2.32 bits per heavy atom.